The van der Waals surface area contributed by atoms with Gasteiger partial charge in [-0.3, -0.25) is 4.79 Å². The fourth-order valence-electron chi connectivity index (χ4n) is 3.12. The van der Waals surface area contributed by atoms with E-state index in [0.29, 0.717) is 17.6 Å². The fraction of sp³-hybridized carbons (Fsp3) is 0.174. The molecule has 1 N–H and O–H groups in total. The SMILES string of the molecule is Cc1ccc(Cn2nnc3cc(C(=O)Nc4ccc(C)c(C)c4)ccc32)cc1. The summed E-state index contributed by atoms with van der Waals surface area (Å²) < 4.78 is 1.85. The number of nitrogens with one attached hydrogen (secondary N) is 1. The van der Waals surface area contributed by atoms with Gasteiger partial charge in [-0.2, -0.15) is 0 Å². The van der Waals surface area contributed by atoms with E-state index in [1.165, 1.54) is 11.1 Å². The summed E-state index contributed by atoms with van der Waals surface area (Å²) in [5, 5.41) is 11.4. The van der Waals surface area contributed by atoms with Crippen molar-refractivity contribution < 1.29 is 4.79 Å². The maximum absolute atomic E-state index is 12.6. The number of carbonyl (C=O) groups excluding carboxylic acids is 1. The molecule has 0 saturated carbocycles. The molecule has 5 heteroatoms. The summed E-state index contributed by atoms with van der Waals surface area (Å²) in [5.74, 6) is -0.154. The summed E-state index contributed by atoms with van der Waals surface area (Å²) >= 11 is 0. The molecule has 4 rings (SSSR count). The summed E-state index contributed by atoms with van der Waals surface area (Å²) in [6.07, 6.45) is 0. The predicted molar refractivity (Wildman–Crippen MR) is 112 cm³/mol. The van der Waals surface area contributed by atoms with Crippen LogP contribution in [0.1, 0.15) is 32.6 Å². The van der Waals surface area contributed by atoms with Crippen molar-refractivity contribution in [3.63, 3.8) is 0 Å². The highest BCUT2D eigenvalue weighted by Crippen LogP contribution is 2.18. The first-order valence-electron chi connectivity index (χ1n) is 9.27. The number of hydrogen-bond donors (Lipinski definition) is 1. The van der Waals surface area contributed by atoms with Crippen molar-refractivity contribution in [1.82, 2.24) is 15.0 Å². The van der Waals surface area contributed by atoms with Crippen LogP contribution in [0.3, 0.4) is 0 Å². The molecule has 140 valence electrons. The molecule has 5 nitrogen and oxygen atoms in total. The molecular weight excluding hydrogens is 348 g/mol. The van der Waals surface area contributed by atoms with Gasteiger partial charge in [-0.1, -0.05) is 41.1 Å². The first kappa shape index (κ1) is 17.9. The van der Waals surface area contributed by atoms with E-state index in [9.17, 15) is 4.79 Å². The van der Waals surface area contributed by atoms with Crippen LogP contribution in [-0.2, 0) is 6.54 Å². The second-order valence-electron chi connectivity index (χ2n) is 7.19. The highest BCUT2D eigenvalue weighted by molar-refractivity contribution is 6.05. The van der Waals surface area contributed by atoms with Crippen molar-refractivity contribution in [2.24, 2.45) is 0 Å². The highest BCUT2D eigenvalue weighted by atomic mass is 16.1. The number of hydrogen-bond acceptors (Lipinski definition) is 3. The lowest BCUT2D eigenvalue weighted by molar-refractivity contribution is 0.102. The second-order valence-corrected chi connectivity index (χ2v) is 7.19. The zero-order valence-electron chi connectivity index (χ0n) is 16.2. The van der Waals surface area contributed by atoms with Crippen molar-refractivity contribution in [2.45, 2.75) is 27.3 Å². The van der Waals surface area contributed by atoms with Gasteiger partial charge in [-0.05, 0) is 67.8 Å². The van der Waals surface area contributed by atoms with Crippen molar-refractivity contribution in [3.8, 4) is 0 Å². The third-order valence-corrected chi connectivity index (χ3v) is 4.99. The summed E-state index contributed by atoms with van der Waals surface area (Å²) in [7, 11) is 0. The van der Waals surface area contributed by atoms with Gasteiger partial charge in [0.1, 0.15) is 5.52 Å². The fourth-order valence-corrected chi connectivity index (χ4v) is 3.12. The molecule has 1 aromatic heterocycles. The maximum Gasteiger partial charge on any atom is 0.255 e. The summed E-state index contributed by atoms with van der Waals surface area (Å²) in [6.45, 7) is 6.79. The molecule has 0 fully saturated rings. The van der Waals surface area contributed by atoms with Crippen molar-refractivity contribution in [3.05, 3.63) is 88.5 Å². The smallest absolute Gasteiger partial charge is 0.255 e. The minimum absolute atomic E-state index is 0.154. The van der Waals surface area contributed by atoms with Gasteiger partial charge in [0.2, 0.25) is 0 Å². The first-order valence-corrected chi connectivity index (χ1v) is 9.27. The van der Waals surface area contributed by atoms with Gasteiger partial charge in [-0.25, -0.2) is 4.68 Å². The molecule has 4 aromatic rings. The molecule has 0 atom stereocenters. The Hall–Kier alpha value is -3.47. The lowest BCUT2D eigenvalue weighted by Gasteiger charge is -2.08. The number of carbonyl (C=O) groups is 1. The molecule has 0 bridgehead atoms. The first-order chi connectivity index (χ1) is 13.5. The largest absolute Gasteiger partial charge is 0.322 e. The van der Waals surface area contributed by atoms with Gasteiger partial charge in [-0.15, -0.1) is 5.10 Å². The Bertz CT molecular complexity index is 1160. The topological polar surface area (TPSA) is 59.8 Å². The van der Waals surface area contributed by atoms with Crippen LogP contribution in [0, 0.1) is 20.8 Å². The van der Waals surface area contributed by atoms with E-state index >= 15 is 0 Å². The van der Waals surface area contributed by atoms with E-state index in [-0.39, 0.29) is 5.91 Å². The van der Waals surface area contributed by atoms with Gasteiger partial charge < -0.3 is 5.32 Å². The molecule has 0 aliphatic heterocycles. The van der Waals surface area contributed by atoms with Gasteiger partial charge in [0.25, 0.3) is 5.91 Å². The molecule has 28 heavy (non-hydrogen) atoms. The number of nitrogens with zero attached hydrogens (tertiary/aromatic N) is 3. The minimum atomic E-state index is -0.154. The van der Waals surface area contributed by atoms with Crippen molar-refractivity contribution >= 4 is 22.6 Å². The van der Waals surface area contributed by atoms with Crippen LogP contribution in [0.25, 0.3) is 11.0 Å². The standard InChI is InChI=1S/C23H22N4O/c1-15-4-7-18(8-5-15)14-27-22-11-9-19(13-21(22)25-26-27)23(28)24-20-10-6-16(2)17(3)12-20/h4-13H,14H2,1-3H3,(H,24,28). The Morgan fingerprint density at radius 1 is 0.929 bits per heavy atom. The highest BCUT2D eigenvalue weighted by Gasteiger charge is 2.11. The minimum Gasteiger partial charge on any atom is -0.322 e. The van der Waals surface area contributed by atoms with E-state index in [4.69, 9.17) is 0 Å². The molecule has 0 spiro atoms. The summed E-state index contributed by atoms with van der Waals surface area (Å²) in [6, 6.07) is 19.7. The Balaban J connectivity index is 1.55. The number of fused-ring (bicyclic) bond motifs is 1. The van der Waals surface area contributed by atoms with E-state index in [2.05, 4.69) is 53.7 Å². The van der Waals surface area contributed by atoms with E-state index in [1.54, 1.807) is 6.07 Å². The molecule has 1 heterocycles. The monoisotopic (exact) mass is 370 g/mol. The van der Waals surface area contributed by atoms with Crippen molar-refractivity contribution in [2.75, 3.05) is 5.32 Å². The zero-order valence-corrected chi connectivity index (χ0v) is 16.2. The normalized spacial score (nSPS) is 11.0. The van der Waals surface area contributed by atoms with Crippen LogP contribution >= 0.6 is 0 Å². The van der Waals surface area contributed by atoms with E-state index in [0.717, 1.165) is 22.3 Å². The number of rotatable bonds is 4. The van der Waals surface area contributed by atoms with Gasteiger partial charge in [0.15, 0.2) is 0 Å². The van der Waals surface area contributed by atoms with Crippen LogP contribution in [0.5, 0.6) is 0 Å². The van der Waals surface area contributed by atoms with E-state index in [1.807, 2.05) is 41.9 Å². The summed E-state index contributed by atoms with van der Waals surface area (Å²) in [4.78, 5) is 12.6. The number of benzene rings is 3. The molecule has 0 radical (unpaired) electrons. The van der Waals surface area contributed by atoms with E-state index < -0.39 is 0 Å². The number of amides is 1. The Labute approximate surface area is 164 Å². The van der Waals surface area contributed by atoms with Crippen LogP contribution in [0.15, 0.2) is 60.7 Å². The zero-order chi connectivity index (χ0) is 19.7. The Morgan fingerprint density at radius 3 is 2.46 bits per heavy atom. The second kappa shape index (κ2) is 7.27. The number of aromatic nitrogens is 3. The predicted octanol–water partition coefficient (Wildman–Crippen LogP) is 4.66. The third kappa shape index (κ3) is 3.64. The quantitative estimate of drug-likeness (QED) is 0.568. The molecule has 0 aliphatic carbocycles. The lowest BCUT2D eigenvalue weighted by atomic mass is 10.1. The van der Waals surface area contributed by atoms with Gasteiger partial charge in [0.05, 0.1) is 12.1 Å². The molecule has 0 aliphatic rings. The molecule has 0 saturated heterocycles. The van der Waals surface area contributed by atoms with Crippen LogP contribution in [0.2, 0.25) is 0 Å². The Morgan fingerprint density at radius 2 is 1.71 bits per heavy atom. The third-order valence-electron chi connectivity index (χ3n) is 4.99. The molecule has 1 amide bonds. The number of anilines is 1. The van der Waals surface area contributed by atoms with Gasteiger partial charge >= 0.3 is 0 Å². The summed E-state index contributed by atoms with van der Waals surface area (Å²) in [5.41, 5.74) is 7.70. The van der Waals surface area contributed by atoms with Gasteiger partial charge in [0, 0.05) is 11.3 Å². The maximum atomic E-state index is 12.6. The van der Waals surface area contributed by atoms with Crippen LogP contribution < -0.4 is 5.32 Å². The lowest BCUT2D eigenvalue weighted by Crippen LogP contribution is -2.12. The molecule has 0 unspecified atom stereocenters. The Kier molecular flexibility index (Phi) is 4.65. The number of aryl methyl sites for hydroxylation is 3. The average molecular weight is 370 g/mol. The molecule has 3 aromatic carbocycles. The molecular formula is C23H22N4O. The van der Waals surface area contributed by atoms with Crippen LogP contribution in [0.4, 0.5) is 5.69 Å². The van der Waals surface area contributed by atoms with Crippen LogP contribution in [-0.4, -0.2) is 20.9 Å². The average Bonchev–Trinajstić information content (AvgIpc) is 3.08. The van der Waals surface area contributed by atoms with Crippen molar-refractivity contribution in [1.29, 1.82) is 0 Å².